The minimum Gasteiger partial charge on any atom is -0.478 e. The molecular weight excluding hydrogens is 304 g/mol. The zero-order chi connectivity index (χ0) is 17.1. The molecule has 1 aromatic heterocycles. The molecule has 5 heteroatoms. The van der Waals surface area contributed by atoms with Crippen molar-refractivity contribution in [2.24, 2.45) is 5.92 Å². The maximum atomic E-state index is 11.0. The minimum atomic E-state index is -0.960. The number of carboxylic acid groups (broad SMARTS) is 1. The van der Waals surface area contributed by atoms with Crippen LogP contribution >= 0.6 is 0 Å². The number of nitrogens with zero attached hydrogens (tertiary/aromatic N) is 2. The highest BCUT2D eigenvalue weighted by Crippen LogP contribution is 2.30. The van der Waals surface area contributed by atoms with E-state index in [1.54, 1.807) is 12.1 Å². The number of ether oxygens (including phenoxy) is 1. The molecule has 0 aliphatic carbocycles. The number of aromatic carboxylic acids is 1. The van der Waals surface area contributed by atoms with Crippen molar-refractivity contribution in [1.29, 1.82) is 0 Å². The van der Waals surface area contributed by atoms with Crippen LogP contribution in [-0.2, 0) is 4.74 Å². The number of pyridine rings is 1. The van der Waals surface area contributed by atoms with E-state index < -0.39 is 5.97 Å². The Bertz CT molecular complexity index is 686. The number of benzene rings is 1. The number of rotatable bonds is 4. The molecule has 0 bridgehead atoms. The highest BCUT2D eigenvalue weighted by Gasteiger charge is 2.31. The molecule has 0 unspecified atom stereocenters. The lowest BCUT2D eigenvalue weighted by molar-refractivity contribution is -0.0500. The van der Waals surface area contributed by atoms with Crippen molar-refractivity contribution >= 4 is 11.8 Å². The summed E-state index contributed by atoms with van der Waals surface area (Å²) in [6.45, 7) is 5.75. The Hall–Kier alpha value is -2.40. The summed E-state index contributed by atoms with van der Waals surface area (Å²) in [4.78, 5) is 17.5. The zero-order valence-electron chi connectivity index (χ0n) is 13.9. The van der Waals surface area contributed by atoms with Crippen molar-refractivity contribution in [3.63, 3.8) is 0 Å². The Morgan fingerprint density at radius 3 is 2.54 bits per heavy atom. The summed E-state index contributed by atoms with van der Waals surface area (Å²) in [7, 11) is 0. The maximum absolute atomic E-state index is 11.0. The predicted molar refractivity (Wildman–Crippen MR) is 92.3 cm³/mol. The van der Waals surface area contributed by atoms with E-state index >= 15 is 0 Å². The van der Waals surface area contributed by atoms with Crippen molar-refractivity contribution in [3.8, 4) is 0 Å². The lowest BCUT2D eigenvalue weighted by Gasteiger charge is -2.40. The number of carbonyl (C=O) groups is 1. The molecule has 5 nitrogen and oxygen atoms in total. The number of morpholine rings is 1. The molecule has 24 heavy (non-hydrogen) atoms. The second kappa shape index (κ2) is 7.01. The van der Waals surface area contributed by atoms with Gasteiger partial charge in [0, 0.05) is 19.3 Å². The molecule has 0 saturated carbocycles. The Kier molecular flexibility index (Phi) is 4.81. The second-order valence-corrected chi connectivity index (χ2v) is 6.43. The average molecular weight is 326 g/mol. The second-order valence-electron chi connectivity index (χ2n) is 6.43. The summed E-state index contributed by atoms with van der Waals surface area (Å²) in [6.07, 6.45) is 1.49. The fourth-order valence-corrected chi connectivity index (χ4v) is 2.90. The quantitative estimate of drug-likeness (QED) is 0.933. The van der Waals surface area contributed by atoms with Crippen molar-refractivity contribution < 1.29 is 14.6 Å². The summed E-state index contributed by atoms with van der Waals surface area (Å²) in [5.74, 6) is 0.213. The molecule has 126 valence electrons. The number of anilines is 1. The Balaban J connectivity index is 1.85. The maximum Gasteiger partial charge on any atom is 0.337 e. The molecule has 1 fully saturated rings. The van der Waals surface area contributed by atoms with Crippen LogP contribution in [0, 0.1) is 5.92 Å². The molecule has 1 aliphatic rings. The van der Waals surface area contributed by atoms with Gasteiger partial charge in [0.2, 0.25) is 0 Å². The number of aromatic nitrogens is 1. The van der Waals surface area contributed by atoms with Crippen LogP contribution < -0.4 is 4.90 Å². The Labute approximate surface area is 141 Å². The van der Waals surface area contributed by atoms with E-state index in [1.807, 2.05) is 18.2 Å². The van der Waals surface area contributed by atoms with Crippen LogP contribution in [0.25, 0.3) is 0 Å². The standard InChI is InChI=1S/C19H22N2O3/c1-13(2)16-11-21(18-9-8-15(10-20-18)19(22)23)12-17(24-16)14-6-4-3-5-7-14/h3-10,13,16-17H,11-12H2,1-2H3,(H,22,23)/t16-,17+/m1/s1. The molecule has 0 amide bonds. The normalized spacial score (nSPS) is 21.0. The van der Waals surface area contributed by atoms with Gasteiger partial charge in [0.15, 0.2) is 0 Å². The third-order valence-electron chi connectivity index (χ3n) is 4.36. The van der Waals surface area contributed by atoms with Crippen molar-refractivity contribution in [1.82, 2.24) is 4.98 Å². The Morgan fingerprint density at radius 2 is 1.96 bits per heavy atom. The van der Waals surface area contributed by atoms with Crippen LogP contribution in [0.4, 0.5) is 5.82 Å². The van der Waals surface area contributed by atoms with Crippen LogP contribution in [0.3, 0.4) is 0 Å². The molecule has 0 spiro atoms. The van der Waals surface area contributed by atoms with E-state index in [0.29, 0.717) is 12.5 Å². The third-order valence-corrected chi connectivity index (χ3v) is 4.36. The van der Waals surface area contributed by atoms with Gasteiger partial charge < -0.3 is 14.7 Å². The van der Waals surface area contributed by atoms with Gasteiger partial charge in [-0.25, -0.2) is 9.78 Å². The van der Waals surface area contributed by atoms with Gasteiger partial charge in [-0.2, -0.15) is 0 Å². The summed E-state index contributed by atoms with van der Waals surface area (Å²) in [5, 5.41) is 9.02. The summed E-state index contributed by atoms with van der Waals surface area (Å²) in [5.41, 5.74) is 1.35. The van der Waals surface area contributed by atoms with Gasteiger partial charge in [-0.1, -0.05) is 44.2 Å². The first kappa shape index (κ1) is 16.5. The number of hydrogen-bond acceptors (Lipinski definition) is 4. The molecule has 2 atom stereocenters. The molecule has 1 N–H and O–H groups in total. The summed E-state index contributed by atoms with van der Waals surface area (Å²) >= 11 is 0. The lowest BCUT2D eigenvalue weighted by atomic mass is 10.0. The summed E-state index contributed by atoms with van der Waals surface area (Å²) < 4.78 is 6.28. The van der Waals surface area contributed by atoms with E-state index in [9.17, 15) is 4.79 Å². The van der Waals surface area contributed by atoms with Crippen LogP contribution in [0.5, 0.6) is 0 Å². The van der Waals surface area contributed by atoms with Gasteiger partial charge in [-0.3, -0.25) is 0 Å². The van der Waals surface area contributed by atoms with Crippen molar-refractivity contribution in [3.05, 3.63) is 59.8 Å². The van der Waals surface area contributed by atoms with E-state index in [2.05, 4.69) is 35.9 Å². The first-order valence-electron chi connectivity index (χ1n) is 8.19. The van der Waals surface area contributed by atoms with E-state index in [4.69, 9.17) is 9.84 Å². The molecular formula is C19H22N2O3. The largest absolute Gasteiger partial charge is 0.478 e. The van der Waals surface area contributed by atoms with Crippen LogP contribution in [0.1, 0.15) is 35.9 Å². The van der Waals surface area contributed by atoms with Gasteiger partial charge in [-0.15, -0.1) is 0 Å². The smallest absolute Gasteiger partial charge is 0.337 e. The first-order chi connectivity index (χ1) is 11.5. The van der Waals surface area contributed by atoms with Gasteiger partial charge in [0.05, 0.1) is 11.7 Å². The fraction of sp³-hybridized carbons (Fsp3) is 0.368. The predicted octanol–water partition coefficient (Wildman–Crippen LogP) is 3.38. The van der Waals surface area contributed by atoms with E-state index in [-0.39, 0.29) is 17.8 Å². The molecule has 1 aromatic carbocycles. The number of carboxylic acids is 1. The molecule has 2 aromatic rings. The van der Waals surface area contributed by atoms with Crippen molar-refractivity contribution in [2.45, 2.75) is 26.1 Å². The average Bonchev–Trinajstić information content (AvgIpc) is 2.62. The van der Waals surface area contributed by atoms with Gasteiger partial charge in [0.1, 0.15) is 11.9 Å². The van der Waals surface area contributed by atoms with Gasteiger partial charge in [-0.05, 0) is 23.6 Å². The molecule has 1 saturated heterocycles. The van der Waals surface area contributed by atoms with Gasteiger partial charge >= 0.3 is 5.97 Å². The highest BCUT2D eigenvalue weighted by molar-refractivity contribution is 5.87. The SMILES string of the molecule is CC(C)[C@H]1CN(c2ccc(C(=O)O)cn2)C[C@@H](c2ccccc2)O1. The van der Waals surface area contributed by atoms with E-state index in [1.165, 1.54) is 6.20 Å². The van der Waals surface area contributed by atoms with Crippen LogP contribution in [0.2, 0.25) is 0 Å². The van der Waals surface area contributed by atoms with Crippen molar-refractivity contribution in [2.75, 3.05) is 18.0 Å². The highest BCUT2D eigenvalue weighted by atomic mass is 16.5. The van der Waals surface area contributed by atoms with Crippen LogP contribution in [0.15, 0.2) is 48.7 Å². The first-order valence-corrected chi connectivity index (χ1v) is 8.19. The zero-order valence-corrected chi connectivity index (χ0v) is 13.9. The Morgan fingerprint density at radius 1 is 1.21 bits per heavy atom. The lowest BCUT2D eigenvalue weighted by Crippen LogP contribution is -2.46. The monoisotopic (exact) mass is 326 g/mol. The van der Waals surface area contributed by atoms with Crippen LogP contribution in [-0.4, -0.2) is 35.3 Å². The van der Waals surface area contributed by atoms with E-state index in [0.717, 1.165) is 17.9 Å². The topological polar surface area (TPSA) is 62.7 Å². The fourth-order valence-electron chi connectivity index (χ4n) is 2.90. The number of hydrogen-bond donors (Lipinski definition) is 1. The van der Waals surface area contributed by atoms with Gasteiger partial charge in [0.25, 0.3) is 0 Å². The minimum absolute atomic E-state index is 0.0201. The molecule has 1 aliphatic heterocycles. The third kappa shape index (κ3) is 3.57. The molecule has 2 heterocycles. The molecule has 0 radical (unpaired) electrons. The summed E-state index contributed by atoms with van der Waals surface area (Å²) in [6, 6.07) is 13.6. The molecule has 3 rings (SSSR count).